The van der Waals surface area contributed by atoms with Gasteiger partial charge < -0.3 is 10.1 Å². The van der Waals surface area contributed by atoms with Crippen LogP contribution in [0.25, 0.3) is 0 Å². The van der Waals surface area contributed by atoms with Crippen LogP contribution in [0, 0.1) is 12.8 Å². The third kappa shape index (κ3) is 5.87. The van der Waals surface area contributed by atoms with E-state index in [-0.39, 0.29) is 11.8 Å². The second-order valence-corrected chi connectivity index (χ2v) is 8.03. The lowest BCUT2D eigenvalue weighted by molar-refractivity contribution is -0.126. The highest BCUT2D eigenvalue weighted by Crippen LogP contribution is 2.23. The van der Waals surface area contributed by atoms with Crippen molar-refractivity contribution in [3.05, 3.63) is 63.6 Å². The fourth-order valence-electron chi connectivity index (χ4n) is 3.43. The van der Waals surface area contributed by atoms with Crippen LogP contribution in [0.1, 0.15) is 24.0 Å². The van der Waals surface area contributed by atoms with Crippen LogP contribution in [-0.2, 0) is 11.3 Å². The summed E-state index contributed by atoms with van der Waals surface area (Å²) in [5.41, 5.74) is 2.12. The molecule has 6 heteroatoms. The molecule has 2 aromatic rings. The van der Waals surface area contributed by atoms with E-state index in [9.17, 15) is 4.79 Å². The number of nitrogens with one attached hydrogen (secondary N) is 1. The number of benzene rings is 2. The first-order valence-corrected chi connectivity index (χ1v) is 10.4. The molecule has 0 saturated carbocycles. The Morgan fingerprint density at radius 1 is 1.21 bits per heavy atom. The van der Waals surface area contributed by atoms with Crippen molar-refractivity contribution in [3.63, 3.8) is 0 Å². The van der Waals surface area contributed by atoms with Gasteiger partial charge in [-0.3, -0.25) is 9.69 Å². The van der Waals surface area contributed by atoms with E-state index in [0.717, 1.165) is 48.6 Å². The maximum absolute atomic E-state index is 12.5. The number of piperidine rings is 1. The molecule has 1 N–H and O–H groups in total. The molecule has 0 aromatic heterocycles. The maximum atomic E-state index is 12.5. The van der Waals surface area contributed by atoms with Crippen molar-refractivity contribution in [1.82, 2.24) is 10.2 Å². The van der Waals surface area contributed by atoms with Crippen LogP contribution < -0.4 is 10.1 Å². The average molecular weight is 421 g/mol. The summed E-state index contributed by atoms with van der Waals surface area (Å²) in [5, 5.41) is 4.46. The second-order valence-electron chi connectivity index (χ2n) is 7.22. The van der Waals surface area contributed by atoms with E-state index in [4.69, 9.17) is 27.9 Å². The Kier molecular flexibility index (Phi) is 7.60. The number of likely N-dealkylation sites (tertiary alicyclic amines) is 1. The number of amides is 1. The van der Waals surface area contributed by atoms with Crippen LogP contribution >= 0.6 is 23.2 Å². The van der Waals surface area contributed by atoms with Gasteiger partial charge in [0.1, 0.15) is 12.4 Å². The molecule has 1 amide bonds. The summed E-state index contributed by atoms with van der Waals surface area (Å²) < 4.78 is 5.67. The van der Waals surface area contributed by atoms with Gasteiger partial charge in [0, 0.05) is 23.1 Å². The summed E-state index contributed by atoms with van der Waals surface area (Å²) in [6, 6.07) is 13.5. The number of aryl methyl sites for hydroxylation is 1. The van der Waals surface area contributed by atoms with Gasteiger partial charge in [-0.15, -0.1) is 0 Å². The van der Waals surface area contributed by atoms with E-state index in [1.807, 2.05) is 43.3 Å². The standard InChI is InChI=1S/C22H26Cl2N2O2/c1-16-8-9-19(13-21(16)24)28-12-10-25-22(27)18-6-4-11-26(15-18)14-17-5-2-3-7-20(17)23/h2-3,5,7-9,13,18H,4,6,10-12,14-15H2,1H3,(H,25,27). The number of nitrogens with zero attached hydrogens (tertiary/aromatic N) is 1. The average Bonchev–Trinajstić information content (AvgIpc) is 2.70. The van der Waals surface area contributed by atoms with Crippen LogP contribution in [0.4, 0.5) is 0 Å². The van der Waals surface area contributed by atoms with Gasteiger partial charge in [-0.1, -0.05) is 47.5 Å². The van der Waals surface area contributed by atoms with Gasteiger partial charge in [0.05, 0.1) is 12.5 Å². The molecule has 1 heterocycles. The fourth-order valence-corrected chi connectivity index (χ4v) is 3.80. The van der Waals surface area contributed by atoms with Crippen LogP contribution in [-0.4, -0.2) is 37.0 Å². The highest BCUT2D eigenvalue weighted by Gasteiger charge is 2.25. The van der Waals surface area contributed by atoms with Gasteiger partial charge in [0.2, 0.25) is 5.91 Å². The predicted molar refractivity (Wildman–Crippen MR) is 114 cm³/mol. The van der Waals surface area contributed by atoms with Crippen molar-refractivity contribution in [3.8, 4) is 5.75 Å². The minimum absolute atomic E-state index is 0.00468. The molecule has 0 spiro atoms. The molecule has 3 rings (SSSR count). The normalized spacial score (nSPS) is 17.3. The summed E-state index contributed by atoms with van der Waals surface area (Å²) in [4.78, 5) is 14.8. The number of hydrogen-bond acceptors (Lipinski definition) is 3. The molecule has 0 radical (unpaired) electrons. The summed E-state index contributed by atoms with van der Waals surface area (Å²) in [7, 11) is 0. The monoisotopic (exact) mass is 420 g/mol. The van der Waals surface area contributed by atoms with Crippen molar-refractivity contribution < 1.29 is 9.53 Å². The lowest BCUT2D eigenvalue weighted by Gasteiger charge is -2.32. The molecule has 4 nitrogen and oxygen atoms in total. The largest absolute Gasteiger partial charge is 0.492 e. The lowest BCUT2D eigenvalue weighted by Crippen LogP contribution is -2.43. The lowest BCUT2D eigenvalue weighted by atomic mass is 9.96. The molecule has 1 unspecified atom stereocenters. The van der Waals surface area contributed by atoms with Crippen molar-refractivity contribution >= 4 is 29.1 Å². The van der Waals surface area contributed by atoms with E-state index in [1.165, 1.54) is 0 Å². The number of rotatable bonds is 7. The zero-order chi connectivity index (χ0) is 19.9. The smallest absolute Gasteiger partial charge is 0.224 e. The molecule has 1 aliphatic rings. The van der Waals surface area contributed by atoms with Gasteiger partial charge in [-0.25, -0.2) is 0 Å². The Labute approximate surface area is 176 Å². The second kappa shape index (κ2) is 10.1. The Morgan fingerprint density at radius 3 is 2.82 bits per heavy atom. The molecular weight excluding hydrogens is 395 g/mol. The molecule has 2 aromatic carbocycles. The third-order valence-electron chi connectivity index (χ3n) is 5.04. The molecule has 28 heavy (non-hydrogen) atoms. The van der Waals surface area contributed by atoms with Crippen molar-refractivity contribution in [2.24, 2.45) is 5.92 Å². The Hall–Kier alpha value is -1.75. The molecule has 150 valence electrons. The maximum Gasteiger partial charge on any atom is 0.224 e. The zero-order valence-electron chi connectivity index (χ0n) is 16.1. The van der Waals surface area contributed by atoms with Crippen LogP contribution in [0.5, 0.6) is 5.75 Å². The van der Waals surface area contributed by atoms with Crippen molar-refractivity contribution in [1.29, 1.82) is 0 Å². The number of halogens is 2. The minimum Gasteiger partial charge on any atom is -0.492 e. The first-order valence-electron chi connectivity index (χ1n) is 9.65. The fraction of sp³-hybridized carbons (Fsp3) is 0.409. The molecule has 1 fully saturated rings. The minimum atomic E-state index is 0.00468. The van der Waals surface area contributed by atoms with Gasteiger partial charge in [-0.2, -0.15) is 0 Å². The Bertz CT molecular complexity index is 813. The predicted octanol–water partition coefficient (Wildman–Crippen LogP) is 4.71. The SMILES string of the molecule is Cc1ccc(OCCNC(=O)C2CCCN(Cc3ccccc3Cl)C2)cc1Cl. The summed E-state index contributed by atoms with van der Waals surface area (Å²) in [6.45, 7) is 5.37. The quantitative estimate of drug-likeness (QED) is 0.659. The molecular formula is C22H26Cl2N2O2. The van der Waals surface area contributed by atoms with E-state index < -0.39 is 0 Å². The van der Waals surface area contributed by atoms with Crippen molar-refractivity contribution in [2.75, 3.05) is 26.2 Å². The van der Waals surface area contributed by atoms with Crippen LogP contribution in [0.15, 0.2) is 42.5 Å². The third-order valence-corrected chi connectivity index (χ3v) is 5.82. The Morgan fingerprint density at radius 2 is 2.04 bits per heavy atom. The van der Waals surface area contributed by atoms with Gasteiger partial charge in [0.15, 0.2) is 0 Å². The molecule has 1 atom stereocenters. The number of hydrogen-bond donors (Lipinski definition) is 1. The van der Waals surface area contributed by atoms with E-state index in [0.29, 0.717) is 23.9 Å². The Balaban J connectivity index is 1.42. The van der Waals surface area contributed by atoms with Gasteiger partial charge in [0.25, 0.3) is 0 Å². The van der Waals surface area contributed by atoms with E-state index in [2.05, 4.69) is 10.2 Å². The zero-order valence-corrected chi connectivity index (χ0v) is 17.6. The first kappa shape index (κ1) is 21.0. The van der Waals surface area contributed by atoms with E-state index >= 15 is 0 Å². The molecule has 0 bridgehead atoms. The highest BCUT2D eigenvalue weighted by molar-refractivity contribution is 6.31. The van der Waals surface area contributed by atoms with Crippen LogP contribution in [0.2, 0.25) is 10.0 Å². The summed E-state index contributed by atoms with van der Waals surface area (Å²) >= 11 is 12.4. The molecule has 0 aliphatic carbocycles. The van der Waals surface area contributed by atoms with Gasteiger partial charge >= 0.3 is 0 Å². The number of carbonyl (C=O) groups excluding carboxylic acids is 1. The summed E-state index contributed by atoms with van der Waals surface area (Å²) in [5.74, 6) is 0.813. The van der Waals surface area contributed by atoms with E-state index in [1.54, 1.807) is 6.07 Å². The molecule has 1 aliphatic heterocycles. The topological polar surface area (TPSA) is 41.6 Å². The summed E-state index contributed by atoms with van der Waals surface area (Å²) in [6.07, 6.45) is 1.93. The molecule has 1 saturated heterocycles. The number of ether oxygens (including phenoxy) is 1. The van der Waals surface area contributed by atoms with Crippen LogP contribution in [0.3, 0.4) is 0 Å². The first-order chi connectivity index (χ1) is 13.5. The number of carbonyl (C=O) groups is 1. The highest BCUT2D eigenvalue weighted by atomic mass is 35.5. The van der Waals surface area contributed by atoms with Gasteiger partial charge in [-0.05, 0) is 55.6 Å². The van der Waals surface area contributed by atoms with Crippen molar-refractivity contribution in [2.45, 2.75) is 26.3 Å².